The number of amides is 3. The highest BCUT2D eigenvalue weighted by molar-refractivity contribution is 6.04. The Labute approximate surface area is 198 Å². The number of rotatable bonds is 8. The third-order valence-electron chi connectivity index (χ3n) is 5.93. The number of hydrogen-bond acceptors (Lipinski definition) is 5. The van der Waals surface area contributed by atoms with Gasteiger partial charge in [0.2, 0.25) is 5.91 Å². The zero-order valence-electron chi connectivity index (χ0n) is 19.4. The minimum atomic E-state index is -1.02. The number of nitrogens with zero attached hydrogens (tertiary/aromatic N) is 1. The molecule has 0 saturated heterocycles. The van der Waals surface area contributed by atoms with Crippen LogP contribution in [0.1, 0.15) is 59.4 Å². The lowest BCUT2D eigenvalue weighted by Gasteiger charge is -2.31. The van der Waals surface area contributed by atoms with Crippen molar-refractivity contribution in [2.45, 2.75) is 51.6 Å². The van der Waals surface area contributed by atoms with Gasteiger partial charge in [-0.15, -0.1) is 0 Å². The molecular weight excluding hydrogens is 434 g/mol. The summed E-state index contributed by atoms with van der Waals surface area (Å²) in [5.41, 5.74) is 1.47. The molecule has 2 N–H and O–H groups in total. The van der Waals surface area contributed by atoms with Crippen LogP contribution in [0.5, 0.6) is 0 Å². The number of aryl methyl sites for hydroxylation is 2. The van der Waals surface area contributed by atoms with Crippen molar-refractivity contribution in [2.24, 2.45) is 0 Å². The van der Waals surface area contributed by atoms with Gasteiger partial charge in [-0.05, 0) is 68.7 Å². The molecule has 2 heterocycles. The summed E-state index contributed by atoms with van der Waals surface area (Å²) < 4.78 is 10.9. The van der Waals surface area contributed by atoms with E-state index in [9.17, 15) is 14.4 Å². The molecule has 4 rings (SSSR count). The van der Waals surface area contributed by atoms with Gasteiger partial charge in [-0.1, -0.05) is 25.0 Å². The van der Waals surface area contributed by atoms with Gasteiger partial charge in [0, 0.05) is 11.7 Å². The maximum atomic E-state index is 13.6. The molecule has 1 aliphatic rings. The Hall–Kier alpha value is -3.81. The van der Waals surface area contributed by atoms with Crippen molar-refractivity contribution >= 4 is 23.4 Å². The molecule has 0 spiro atoms. The van der Waals surface area contributed by atoms with Crippen molar-refractivity contribution in [3.05, 3.63) is 77.6 Å². The van der Waals surface area contributed by atoms with E-state index in [1.807, 2.05) is 25.1 Å². The molecule has 0 aliphatic heterocycles. The number of anilines is 1. The monoisotopic (exact) mass is 463 g/mol. The molecule has 8 heteroatoms. The second-order valence-corrected chi connectivity index (χ2v) is 8.60. The minimum Gasteiger partial charge on any atom is -0.464 e. The molecule has 1 aromatic carbocycles. The fourth-order valence-electron chi connectivity index (χ4n) is 4.28. The Balaban J connectivity index is 1.66. The summed E-state index contributed by atoms with van der Waals surface area (Å²) >= 11 is 0. The molecule has 2 aromatic heterocycles. The first-order chi connectivity index (χ1) is 16.4. The second-order valence-electron chi connectivity index (χ2n) is 8.60. The van der Waals surface area contributed by atoms with Crippen molar-refractivity contribution in [1.29, 1.82) is 0 Å². The van der Waals surface area contributed by atoms with Gasteiger partial charge in [0.05, 0.1) is 12.8 Å². The predicted octanol–water partition coefficient (Wildman–Crippen LogP) is 4.05. The van der Waals surface area contributed by atoms with Crippen LogP contribution in [0.15, 0.2) is 63.6 Å². The van der Waals surface area contributed by atoms with Crippen LogP contribution in [0.4, 0.5) is 5.69 Å². The van der Waals surface area contributed by atoms with E-state index in [4.69, 9.17) is 8.83 Å². The summed E-state index contributed by atoms with van der Waals surface area (Å²) in [6.07, 6.45) is 5.34. The van der Waals surface area contributed by atoms with E-state index in [1.54, 1.807) is 31.2 Å². The highest BCUT2D eigenvalue weighted by Crippen LogP contribution is 2.31. The number of furan rings is 2. The summed E-state index contributed by atoms with van der Waals surface area (Å²) in [7, 11) is 0. The van der Waals surface area contributed by atoms with Crippen LogP contribution in [-0.4, -0.2) is 30.3 Å². The Morgan fingerprint density at radius 1 is 1.06 bits per heavy atom. The van der Waals surface area contributed by atoms with Gasteiger partial charge in [-0.3, -0.25) is 19.3 Å². The van der Waals surface area contributed by atoms with Gasteiger partial charge in [-0.2, -0.15) is 0 Å². The lowest BCUT2D eigenvalue weighted by molar-refractivity contribution is -0.127. The van der Waals surface area contributed by atoms with Crippen molar-refractivity contribution in [3.8, 4) is 0 Å². The molecule has 178 valence electrons. The van der Waals surface area contributed by atoms with E-state index in [0.717, 1.165) is 31.2 Å². The Morgan fingerprint density at radius 2 is 1.85 bits per heavy atom. The first-order valence-corrected chi connectivity index (χ1v) is 11.5. The predicted molar refractivity (Wildman–Crippen MR) is 126 cm³/mol. The summed E-state index contributed by atoms with van der Waals surface area (Å²) in [5, 5.41) is 5.69. The largest absolute Gasteiger partial charge is 0.464 e. The van der Waals surface area contributed by atoms with Crippen molar-refractivity contribution in [1.82, 2.24) is 10.6 Å². The summed E-state index contributed by atoms with van der Waals surface area (Å²) in [6, 6.07) is 13.0. The lowest BCUT2D eigenvalue weighted by atomic mass is 10.1. The van der Waals surface area contributed by atoms with E-state index < -0.39 is 17.9 Å². The molecule has 3 aromatic rings. The first kappa shape index (κ1) is 23.4. The summed E-state index contributed by atoms with van der Waals surface area (Å²) in [5.74, 6) is -0.174. The average Bonchev–Trinajstić information content (AvgIpc) is 3.59. The standard InChI is InChI=1S/C26H29N3O5/c1-17-7-5-10-20(15-17)29(23(30)16-27-25(31)22-11-6-14-33-22)24(21-13-12-18(2)34-21)26(32)28-19-8-3-4-9-19/h5-7,10-15,19,24H,3-4,8-9,16H2,1-2H3,(H,27,31)(H,28,32)/t24-/m0/s1. The molecule has 1 aliphatic carbocycles. The topological polar surface area (TPSA) is 105 Å². The molecule has 1 atom stereocenters. The van der Waals surface area contributed by atoms with Crippen LogP contribution in [0.2, 0.25) is 0 Å². The summed E-state index contributed by atoms with van der Waals surface area (Å²) in [6.45, 7) is 3.38. The molecule has 3 amide bonds. The van der Waals surface area contributed by atoms with Crippen LogP contribution < -0.4 is 15.5 Å². The van der Waals surface area contributed by atoms with Gasteiger partial charge in [0.1, 0.15) is 11.5 Å². The van der Waals surface area contributed by atoms with E-state index in [-0.39, 0.29) is 24.3 Å². The molecule has 8 nitrogen and oxygen atoms in total. The Bertz CT molecular complexity index is 1140. The van der Waals surface area contributed by atoms with Crippen molar-refractivity contribution in [2.75, 3.05) is 11.4 Å². The van der Waals surface area contributed by atoms with Gasteiger partial charge in [0.15, 0.2) is 11.8 Å². The first-order valence-electron chi connectivity index (χ1n) is 11.5. The number of benzene rings is 1. The molecule has 0 bridgehead atoms. The quantitative estimate of drug-likeness (QED) is 0.524. The third-order valence-corrected chi connectivity index (χ3v) is 5.93. The lowest BCUT2D eigenvalue weighted by Crippen LogP contribution is -2.49. The van der Waals surface area contributed by atoms with Gasteiger partial charge in [-0.25, -0.2) is 0 Å². The fraction of sp³-hybridized carbons (Fsp3) is 0.346. The van der Waals surface area contributed by atoms with Crippen molar-refractivity contribution in [3.63, 3.8) is 0 Å². The van der Waals surface area contributed by atoms with E-state index >= 15 is 0 Å². The van der Waals surface area contributed by atoms with Crippen LogP contribution in [-0.2, 0) is 9.59 Å². The van der Waals surface area contributed by atoms with E-state index in [0.29, 0.717) is 17.2 Å². The van der Waals surface area contributed by atoms with Crippen LogP contribution >= 0.6 is 0 Å². The highest BCUT2D eigenvalue weighted by atomic mass is 16.3. The Kier molecular flexibility index (Phi) is 7.15. The van der Waals surface area contributed by atoms with Gasteiger partial charge in [0.25, 0.3) is 11.8 Å². The third kappa shape index (κ3) is 5.39. The highest BCUT2D eigenvalue weighted by Gasteiger charge is 2.36. The van der Waals surface area contributed by atoms with E-state index in [2.05, 4.69) is 10.6 Å². The SMILES string of the molecule is Cc1cccc(N(C(=O)CNC(=O)c2ccco2)[C@H](C(=O)NC2CCCC2)c2ccc(C)o2)c1. The minimum absolute atomic E-state index is 0.0687. The Morgan fingerprint density at radius 3 is 2.50 bits per heavy atom. The maximum absolute atomic E-state index is 13.6. The molecule has 0 unspecified atom stereocenters. The summed E-state index contributed by atoms with van der Waals surface area (Å²) in [4.78, 5) is 40.9. The smallest absolute Gasteiger partial charge is 0.287 e. The maximum Gasteiger partial charge on any atom is 0.287 e. The van der Waals surface area contributed by atoms with Crippen LogP contribution in [0.3, 0.4) is 0 Å². The van der Waals surface area contributed by atoms with E-state index in [1.165, 1.54) is 17.2 Å². The molecule has 1 fully saturated rings. The number of carbonyl (C=O) groups is 3. The average molecular weight is 464 g/mol. The fourth-order valence-corrected chi connectivity index (χ4v) is 4.28. The van der Waals surface area contributed by atoms with Crippen LogP contribution in [0, 0.1) is 13.8 Å². The molecular formula is C26H29N3O5. The molecule has 1 saturated carbocycles. The van der Waals surface area contributed by atoms with Gasteiger partial charge < -0.3 is 19.5 Å². The zero-order chi connectivity index (χ0) is 24.1. The van der Waals surface area contributed by atoms with Crippen molar-refractivity contribution < 1.29 is 23.2 Å². The van der Waals surface area contributed by atoms with Crippen LogP contribution in [0.25, 0.3) is 0 Å². The molecule has 34 heavy (non-hydrogen) atoms. The number of nitrogens with one attached hydrogen (secondary N) is 2. The van der Waals surface area contributed by atoms with Gasteiger partial charge >= 0.3 is 0 Å². The number of hydrogen-bond donors (Lipinski definition) is 2. The number of carbonyl (C=O) groups excluding carboxylic acids is 3. The molecule has 0 radical (unpaired) electrons. The zero-order valence-corrected chi connectivity index (χ0v) is 19.4. The normalized spacial score (nSPS) is 14.5. The second kappa shape index (κ2) is 10.4.